The maximum Gasteiger partial charge on any atom is 0.422 e. The van der Waals surface area contributed by atoms with Gasteiger partial charge in [-0.2, -0.15) is 28.1 Å². The quantitative estimate of drug-likeness (QED) is 0.391. The summed E-state index contributed by atoms with van der Waals surface area (Å²) in [4.78, 5) is 38.9. The second-order valence-corrected chi connectivity index (χ2v) is 9.75. The molecule has 6 bridgehead atoms. The fourth-order valence-electron chi connectivity index (χ4n) is 3.84. The largest absolute Gasteiger partial charge is 0.492 e. The van der Waals surface area contributed by atoms with Gasteiger partial charge in [-0.15, -0.1) is 0 Å². The number of aromatic nitrogens is 3. The number of ether oxygens (including phenoxy) is 3. The Hall–Kier alpha value is -4.82. The average Bonchev–Trinajstić information content (AvgIpc) is 2.96. The lowest BCUT2D eigenvalue weighted by atomic mass is 10.2. The van der Waals surface area contributed by atoms with Gasteiger partial charge in [-0.05, 0) is 62.2 Å². The molecule has 0 aliphatic carbocycles. The predicted molar refractivity (Wildman–Crippen MR) is 151 cm³/mol. The van der Waals surface area contributed by atoms with Gasteiger partial charge >= 0.3 is 18.3 Å². The molecular formula is C28H32F3N7O5. The van der Waals surface area contributed by atoms with Crippen molar-refractivity contribution in [1.82, 2.24) is 25.2 Å². The highest BCUT2D eigenvalue weighted by atomic mass is 19.4. The topological polar surface area (TPSA) is 140 Å². The molecule has 0 unspecified atom stereocenters. The van der Waals surface area contributed by atoms with E-state index in [1.165, 1.54) is 4.90 Å². The number of benzene rings is 2. The number of carbonyl (C=O) groups excluding carboxylic acids is 2. The van der Waals surface area contributed by atoms with Gasteiger partial charge in [0.1, 0.15) is 12.4 Å². The molecule has 0 saturated carbocycles. The van der Waals surface area contributed by atoms with E-state index in [1.54, 1.807) is 62.4 Å². The maximum atomic E-state index is 12.8. The van der Waals surface area contributed by atoms with Gasteiger partial charge in [0.15, 0.2) is 6.61 Å². The Kier molecular flexibility index (Phi) is 10.4. The second kappa shape index (κ2) is 14.4. The van der Waals surface area contributed by atoms with Crippen molar-refractivity contribution < 1.29 is 37.0 Å². The molecule has 0 fully saturated rings. The van der Waals surface area contributed by atoms with Gasteiger partial charge in [0.05, 0.1) is 12.6 Å². The molecule has 7 rings (SSSR count). The van der Waals surface area contributed by atoms with Crippen LogP contribution in [0.1, 0.15) is 36.2 Å². The number of alkyl halides is 3. The second-order valence-electron chi connectivity index (χ2n) is 9.75. The van der Waals surface area contributed by atoms with E-state index in [4.69, 9.17) is 14.2 Å². The first kappa shape index (κ1) is 31.1. The number of nitrogens with zero attached hydrogens (tertiary/aromatic N) is 4. The van der Waals surface area contributed by atoms with E-state index < -0.39 is 24.9 Å². The molecule has 0 spiro atoms. The van der Waals surface area contributed by atoms with Crippen molar-refractivity contribution in [3.8, 4) is 11.8 Å². The SMILES string of the molecule is CC(C)OC(=O)N1CCCNC(=O)c2ccc(cc2)Nc2nc(nc(OCC(F)(F)F)n2)NCc2ccc(cc2)OCC1. The van der Waals surface area contributed by atoms with Crippen LogP contribution >= 0.6 is 0 Å². The van der Waals surface area contributed by atoms with Gasteiger partial charge in [0.25, 0.3) is 5.91 Å². The molecule has 230 valence electrons. The van der Waals surface area contributed by atoms with Gasteiger partial charge in [-0.3, -0.25) is 4.79 Å². The van der Waals surface area contributed by atoms with Crippen molar-refractivity contribution in [3.63, 3.8) is 0 Å². The standard InChI is InChI=1S/C28H32F3N7O5/c1-18(2)43-27(40)38-13-3-12-32-23(39)20-6-8-21(9-7-20)34-25-35-24(36-26(37-25)42-17-28(29,30)31)33-16-19-4-10-22(11-5-19)41-15-14-38/h4-11,18H,3,12-17H2,1-2H3,(H,32,39)(H2,33,34,35,36,37). The first-order chi connectivity index (χ1) is 20.5. The maximum absolute atomic E-state index is 12.8. The van der Waals surface area contributed by atoms with Crippen molar-refractivity contribution in [2.45, 2.75) is 39.1 Å². The first-order valence-corrected chi connectivity index (χ1v) is 13.6. The zero-order valence-corrected chi connectivity index (χ0v) is 23.6. The number of carbonyl (C=O) groups is 2. The van der Waals surface area contributed by atoms with Crippen molar-refractivity contribution >= 4 is 29.6 Å². The summed E-state index contributed by atoms with van der Waals surface area (Å²) < 4.78 is 54.2. The fourth-order valence-corrected chi connectivity index (χ4v) is 3.84. The molecule has 0 radical (unpaired) electrons. The van der Waals surface area contributed by atoms with Crippen molar-refractivity contribution in [3.05, 3.63) is 59.7 Å². The Morgan fingerprint density at radius 3 is 2.42 bits per heavy atom. The highest BCUT2D eigenvalue weighted by Gasteiger charge is 2.29. The number of rotatable bonds is 3. The third-order valence-electron chi connectivity index (χ3n) is 5.87. The lowest BCUT2D eigenvalue weighted by Crippen LogP contribution is -2.38. The molecule has 15 heteroatoms. The summed E-state index contributed by atoms with van der Waals surface area (Å²) in [5, 5.41) is 8.68. The monoisotopic (exact) mass is 603 g/mol. The number of halogens is 3. The summed E-state index contributed by atoms with van der Waals surface area (Å²) in [6.45, 7) is 3.36. The molecule has 3 aromatic rings. The minimum absolute atomic E-state index is 0.0160. The Bertz CT molecular complexity index is 1370. The normalized spacial score (nSPS) is 14.7. The Balaban J connectivity index is 1.55. The summed E-state index contributed by atoms with van der Waals surface area (Å²) in [5.41, 5.74) is 1.67. The lowest BCUT2D eigenvalue weighted by Gasteiger charge is -2.23. The van der Waals surface area contributed by atoms with Crippen molar-refractivity contribution in [2.24, 2.45) is 0 Å². The van der Waals surface area contributed by atoms with E-state index in [9.17, 15) is 22.8 Å². The number of hydrogen-bond donors (Lipinski definition) is 3. The van der Waals surface area contributed by atoms with E-state index in [0.717, 1.165) is 5.56 Å². The van der Waals surface area contributed by atoms with Gasteiger partial charge in [0.2, 0.25) is 11.9 Å². The molecule has 1 aromatic heterocycles. The van der Waals surface area contributed by atoms with Crippen molar-refractivity contribution in [2.75, 3.05) is 43.5 Å². The molecule has 12 nitrogen and oxygen atoms in total. The van der Waals surface area contributed by atoms with Crippen LogP contribution < -0.4 is 25.4 Å². The highest BCUT2D eigenvalue weighted by Crippen LogP contribution is 2.21. The van der Waals surface area contributed by atoms with E-state index in [2.05, 4.69) is 30.9 Å². The molecular weight excluding hydrogens is 571 g/mol. The van der Waals surface area contributed by atoms with E-state index in [0.29, 0.717) is 36.5 Å². The number of anilines is 3. The van der Waals surface area contributed by atoms with Crippen LogP contribution in [0.4, 0.5) is 35.5 Å². The van der Waals surface area contributed by atoms with Gasteiger partial charge in [-0.25, -0.2) is 4.79 Å². The number of nitrogens with one attached hydrogen (secondary N) is 3. The smallest absolute Gasteiger partial charge is 0.422 e. The van der Waals surface area contributed by atoms with Gasteiger partial charge < -0.3 is 35.1 Å². The lowest BCUT2D eigenvalue weighted by molar-refractivity contribution is -0.154. The zero-order valence-electron chi connectivity index (χ0n) is 23.6. The van der Waals surface area contributed by atoms with Crippen LogP contribution in [-0.4, -0.2) is 77.0 Å². The van der Waals surface area contributed by atoms with Crippen LogP contribution in [0, 0.1) is 0 Å². The van der Waals surface area contributed by atoms with Crippen LogP contribution in [0.25, 0.3) is 0 Å². The summed E-state index contributed by atoms with van der Waals surface area (Å²) in [6, 6.07) is 12.9. The van der Waals surface area contributed by atoms with E-state index in [1.807, 2.05) is 0 Å². The molecule has 0 atom stereocenters. The fraction of sp³-hybridized carbons (Fsp3) is 0.393. The zero-order chi connectivity index (χ0) is 30.8. The van der Waals surface area contributed by atoms with Crippen LogP contribution in [0.2, 0.25) is 0 Å². The van der Waals surface area contributed by atoms with Crippen molar-refractivity contribution in [1.29, 1.82) is 0 Å². The number of hydrogen-bond acceptors (Lipinski definition) is 10. The molecule has 3 N–H and O–H groups in total. The van der Waals surface area contributed by atoms with E-state index in [-0.39, 0.29) is 43.6 Å². The van der Waals surface area contributed by atoms with Crippen LogP contribution in [0.15, 0.2) is 48.5 Å². The molecule has 2 aromatic carbocycles. The molecule has 0 saturated heterocycles. The molecule has 5 heterocycles. The highest BCUT2D eigenvalue weighted by molar-refractivity contribution is 5.94. The van der Waals surface area contributed by atoms with Gasteiger partial charge in [0, 0.05) is 30.9 Å². The predicted octanol–water partition coefficient (Wildman–Crippen LogP) is 4.53. The average molecular weight is 604 g/mol. The van der Waals surface area contributed by atoms with Crippen LogP contribution in [0.3, 0.4) is 0 Å². The summed E-state index contributed by atoms with van der Waals surface area (Å²) in [5.74, 6) is 0.181. The summed E-state index contributed by atoms with van der Waals surface area (Å²) in [6.07, 6.45) is -4.84. The Labute approximate surface area is 246 Å². The van der Waals surface area contributed by atoms with Crippen LogP contribution in [0.5, 0.6) is 11.8 Å². The Morgan fingerprint density at radius 1 is 1.00 bits per heavy atom. The third kappa shape index (κ3) is 10.2. The minimum Gasteiger partial charge on any atom is -0.492 e. The third-order valence-corrected chi connectivity index (χ3v) is 5.87. The molecule has 43 heavy (non-hydrogen) atoms. The summed E-state index contributed by atoms with van der Waals surface area (Å²) >= 11 is 0. The first-order valence-electron chi connectivity index (χ1n) is 13.6. The molecule has 4 aliphatic heterocycles. The number of amides is 2. The molecule has 2 amide bonds. The minimum atomic E-state index is -4.58. The van der Waals surface area contributed by atoms with E-state index >= 15 is 0 Å². The van der Waals surface area contributed by atoms with Gasteiger partial charge in [-0.1, -0.05) is 12.1 Å². The van der Waals surface area contributed by atoms with Crippen LogP contribution in [-0.2, 0) is 11.3 Å². The molecule has 4 aliphatic rings. The summed E-state index contributed by atoms with van der Waals surface area (Å²) in [7, 11) is 0. The Morgan fingerprint density at radius 2 is 1.72 bits per heavy atom.